The van der Waals surface area contributed by atoms with E-state index >= 15 is 0 Å². The molecule has 1 aromatic heterocycles. The zero-order valence-corrected chi connectivity index (χ0v) is 12.7. The number of anilines is 1. The molecule has 0 radical (unpaired) electrons. The molecule has 0 saturated carbocycles. The van der Waals surface area contributed by atoms with Gasteiger partial charge in [0, 0.05) is 24.8 Å². The van der Waals surface area contributed by atoms with E-state index < -0.39 is 0 Å². The highest BCUT2D eigenvalue weighted by Gasteiger charge is 2.31. The van der Waals surface area contributed by atoms with Crippen LogP contribution in [0.2, 0.25) is 0 Å². The Morgan fingerprint density at radius 2 is 1.95 bits per heavy atom. The molecule has 3 nitrogen and oxygen atoms in total. The number of pyridine rings is 1. The average Bonchev–Trinajstić information content (AvgIpc) is 2.47. The molecule has 1 aromatic rings. The van der Waals surface area contributed by atoms with Crippen molar-refractivity contribution >= 4 is 23.0 Å². The summed E-state index contributed by atoms with van der Waals surface area (Å²) < 4.78 is 0. The molecule has 0 aliphatic carbocycles. The van der Waals surface area contributed by atoms with Crippen molar-refractivity contribution in [2.24, 2.45) is 11.1 Å². The third-order valence-corrected chi connectivity index (χ3v) is 4.92. The molecule has 19 heavy (non-hydrogen) atoms. The van der Waals surface area contributed by atoms with E-state index in [0.29, 0.717) is 10.4 Å². The lowest BCUT2D eigenvalue weighted by atomic mass is 9.74. The topological polar surface area (TPSA) is 42.1 Å². The first-order chi connectivity index (χ1) is 9.10. The minimum atomic E-state index is 0.411. The predicted molar refractivity (Wildman–Crippen MR) is 84.6 cm³/mol. The van der Waals surface area contributed by atoms with Crippen LogP contribution < -0.4 is 10.6 Å². The first-order valence-electron chi connectivity index (χ1n) is 7.11. The Morgan fingerprint density at radius 3 is 2.37 bits per heavy atom. The third-order valence-electron chi connectivity index (χ3n) is 4.68. The van der Waals surface area contributed by atoms with E-state index in [1.165, 1.54) is 25.7 Å². The third kappa shape index (κ3) is 3.06. The largest absolute Gasteiger partial charge is 0.389 e. The fourth-order valence-corrected chi connectivity index (χ4v) is 3.01. The van der Waals surface area contributed by atoms with Gasteiger partial charge in [0.1, 0.15) is 10.8 Å². The van der Waals surface area contributed by atoms with Crippen LogP contribution in [-0.2, 0) is 0 Å². The molecular weight excluding hydrogens is 254 g/mol. The van der Waals surface area contributed by atoms with E-state index in [0.717, 1.165) is 24.5 Å². The van der Waals surface area contributed by atoms with Crippen LogP contribution in [0.4, 0.5) is 5.82 Å². The Labute approximate surface area is 121 Å². The molecule has 0 amide bonds. The number of aromatic nitrogens is 1. The molecule has 4 heteroatoms. The number of hydrogen-bond acceptors (Lipinski definition) is 3. The van der Waals surface area contributed by atoms with Gasteiger partial charge in [0.05, 0.1) is 0 Å². The summed E-state index contributed by atoms with van der Waals surface area (Å²) >= 11 is 4.95. The summed E-state index contributed by atoms with van der Waals surface area (Å²) in [5.74, 6) is 1.04. The fourth-order valence-electron chi connectivity index (χ4n) is 2.89. The summed E-state index contributed by atoms with van der Waals surface area (Å²) in [5, 5.41) is 0. The second kappa shape index (κ2) is 5.87. The summed E-state index contributed by atoms with van der Waals surface area (Å²) in [7, 11) is 0. The minimum Gasteiger partial charge on any atom is -0.389 e. The maximum atomic E-state index is 5.59. The van der Waals surface area contributed by atoms with E-state index in [-0.39, 0.29) is 0 Å². The molecule has 0 spiro atoms. The monoisotopic (exact) mass is 277 g/mol. The SMILES string of the molecule is CCC1(CC)CCN(c2ccc(C(N)=S)cn2)CC1. The van der Waals surface area contributed by atoms with Gasteiger partial charge in [-0.05, 0) is 30.4 Å². The molecule has 104 valence electrons. The summed E-state index contributed by atoms with van der Waals surface area (Å²) in [6.45, 7) is 6.82. The average molecular weight is 277 g/mol. The maximum absolute atomic E-state index is 5.59. The highest BCUT2D eigenvalue weighted by atomic mass is 32.1. The van der Waals surface area contributed by atoms with Gasteiger partial charge >= 0.3 is 0 Å². The van der Waals surface area contributed by atoms with Gasteiger partial charge in [-0.1, -0.05) is 38.9 Å². The molecule has 1 fully saturated rings. The highest BCUT2D eigenvalue weighted by molar-refractivity contribution is 7.80. The van der Waals surface area contributed by atoms with Crippen molar-refractivity contribution in [1.29, 1.82) is 0 Å². The van der Waals surface area contributed by atoms with Gasteiger partial charge in [0.25, 0.3) is 0 Å². The van der Waals surface area contributed by atoms with Crippen molar-refractivity contribution < 1.29 is 0 Å². The number of nitrogens with zero attached hydrogens (tertiary/aromatic N) is 2. The molecule has 0 bridgehead atoms. The number of thiocarbonyl (C=S) groups is 1. The van der Waals surface area contributed by atoms with Gasteiger partial charge < -0.3 is 10.6 Å². The minimum absolute atomic E-state index is 0.411. The zero-order chi connectivity index (χ0) is 13.9. The van der Waals surface area contributed by atoms with Crippen LogP contribution in [0.5, 0.6) is 0 Å². The van der Waals surface area contributed by atoms with Crippen LogP contribution in [0.15, 0.2) is 18.3 Å². The Hall–Kier alpha value is -1.16. The molecule has 2 rings (SSSR count). The molecule has 0 aromatic carbocycles. The fraction of sp³-hybridized carbons (Fsp3) is 0.600. The molecule has 2 heterocycles. The van der Waals surface area contributed by atoms with Gasteiger partial charge in [-0.3, -0.25) is 0 Å². The Bertz CT molecular complexity index is 427. The number of rotatable bonds is 4. The summed E-state index contributed by atoms with van der Waals surface area (Å²) in [6.07, 6.45) is 6.87. The number of piperidine rings is 1. The molecule has 1 aliphatic rings. The van der Waals surface area contributed by atoms with Crippen molar-refractivity contribution in [2.45, 2.75) is 39.5 Å². The van der Waals surface area contributed by atoms with Crippen LogP contribution in [0, 0.1) is 5.41 Å². The van der Waals surface area contributed by atoms with Crippen LogP contribution in [0.1, 0.15) is 45.1 Å². The van der Waals surface area contributed by atoms with Crippen LogP contribution in [-0.4, -0.2) is 23.1 Å². The van der Waals surface area contributed by atoms with Crippen molar-refractivity contribution in [3.63, 3.8) is 0 Å². The number of hydrogen-bond donors (Lipinski definition) is 1. The van der Waals surface area contributed by atoms with Gasteiger partial charge in [-0.15, -0.1) is 0 Å². The van der Waals surface area contributed by atoms with E-state index in [1.807, 2.05) is 12.1 Å². The molecule has 1 saturated heterocycles. The van der Waals surface area contributed by atoms with E-state index in [9.17, 15) is 0 Å². The lowest BCUT2D eigenvalue weighted by Crippen LogP contribution is -2.40. The molecule has 0 atom stereocenters. The maximum Gasteiger partial charge on any atom is 0.128 e. The smallest absolute Gasteiger partial charge is 0.128 e. The lowest BCUT2D eigenvalue weighted by Gasteiger charge is -2.41. The zero-order valence-electron chi connectivity index (χ0n) is 11.9. The summed E-state index contributed by atoms with van der Waals surface area (Å²) in [5.41, 5.74) is 6.98. The van der Waals surface area contributed by atoms with Crippen LogP contribution >= 0.6 is 12.2 Å². The molecule has 1 aliphatic heterocycles. The van der Waals surface area contributed by atoms with Crippen molar-refractivity contribution in [2.75, 3.05) is 18.0 Å². The van der Waals surface area contributed by atoms with Gasteiger partial charge in [-0.25, -0.2) is 4.98 Å². The first kappa shape index (κ1) is 14.3. The van der Waals surface area contributed by atoms with Crippen LogP contribution in [0.3, 0.4) is 0 Å². The second-order valence-corrected chi connectivity index (χ2v) is 5.90. The van der Waals surface area contributed by atoms with Crippen molar-refractivity contribution in [3.05, 3.63) is 23.9 Å². The molecule has 2 N–H and O–H groups in total. The van der Waals surface area contributed by atoms with Gasteiger partial charge in [0.2, 0.25) is 0 Å². The van der Waals surface area contributed by atoms with Gasteiger partial charge in [-0.2, -0.15) is 0 Å². The van der Waals surface area contributed by atoms with E-state index in [1.54, 1.807) is 6.20 Å². The summed E-state index contributed by atoms with van der Waals surface area (Å²) in [6, 6.07) is 3.99. The van der Waals surface area contributed by atoms with Crippen molar-refractivity contribution in [3.8, 4) is 0 Å². The quantitative estimate of drug-likeness (QED) is 0.859. The van der Waals surface area contributed by atoms with Gasteiger partial charge in [0.15, 0.2) is 0 Å². The first-order valence-corrected chi connectivity index (χ1v) is 7.52. The number of nitrogens with two attached hydrogens (primary N) is 1. The normalized spacial score (nSPS) is 18.3. The van der Waals surface area contributed by atoms with E-state index in [2.05, 4.69) is 23.7 Å². The lowest BCUT2D eigenvalue weighted by molar-refractivity contribution is 0.199. The second-order valence-electron chi connectivity index (χ2n) is 5.46. The van der Waals surface area contributed by atoms with E-state index in [4.69, 9.17) is 18.0 Å². The summed E-state index contributed by atoms with van der Waals surface area (Å²) in [4.78, 5) is 7.26. The Balaban J connectivity index is 2.03. The Kier molecular flexibility index (Phi) is 4.40. The Morgan fingerprint density at radius 1 is 1.32 bits per heavy atom. The predicted octanol–water partition coefficient (Wildman–Crippen LogP) is 3.12. The molecular formula is C15H23N3S. The van der Waals surface area contributed by atoms with Crippen molar-refractivity contribution in [1.82, 2.24) is 4.98 Å². The highest BCUT2D eigenvalue weighted by Crippen LogP contribution is 2.38. The standard InChI is InChI=1S/C15H23N3S/c1-3-15(4-2)7-9-18(10-8-15)13-6-5-12(11-17-13)14(16)19/h5-6,11H,3-4,7-10H2,1-2H3,(H2,16,19). The molecule has 0 unspecified atom stereocenters. The van der Waals surface area contributed by atoms with Crippen LogP contribution in [0.25, 0.3) is 0 Å².